The van der Waals surface area contributed by atoms with Crippen LogP contribution in [0.3, 0.4) is 0 Å². The summed E-state index contributed by atoms with van der Waals surface area (Å²) >= 11 is 0. The maximum atomic E-state index is 11.4. The summed E-state index contributed by atoms with van der Waals surface area (Å²) < 4.78 is 0. The third-order valence-electron chi connectivity index (χ3n) is 2.32. The SMILES string of the molecule is CCc1ccc(NC(C)=O)cc1NC(=O)CC#N. The fraction of sp³-hybridized carbons (Fsp3) is 0.308. The molecule has 0 aliphatic carbocycles. The van der Waals surface area contributed by atoms with Gasteiger partial charge in [0.2, 0.25) is 11.8 Å². The largest absolute Gasteiger partial charge is 0.326 e. The topological polar surface area (TPSA) is 82.0 Å². The van der Waals surface area contributed by atoms with Crippen LogP contribution in [0.15, 0.2) is 18.2 Å². The number of benzene rings is 1. The molecule has 0 saturated heterocycles. The zero-order chi connectivity index (χ0) is 13.5. The number of hydrogen-bond donors (Lipinski definition) is 2. The predicted molar refractivity (Wildman–Crippen MR) is 69.0 cm³/mol. The molecule has 1 aromatic rings. The van der Waals surface area contributed by atoms with Crippen LogP contribution in [-0.2, 0) is 16.0 Å². The Hall–Kier alpha value is -2.35. The third kappa shape index (κ3) is 3.91. The molecule has 0 heterocycles. The fourth-order valence-corrected chi connectivity index (χ4v) is 1.55. The molecule has 0 aromatic heterocycles. The van der Waals surface area contributed by atoms with Crippen LogP contribution in [0.2, 0.25) is 0 Å². The molecule has 2 N–H and O–H groups in total. The molecule has 0 aliphatic rings. The summed E-state index contributed by atoms with van der Waals surface area (Å²) in [5, 5.41) is 13.8. The maximum absolute atomic E-state index is 11.4. The van der Waals surface area contributed by atoms with Gasteiger partial charge in [-0.1, -0.05) is 13.0 Å². The molecule has 1 aromatic carbocycles. The molecule has 0 bridgehead atoms. The number of nitriles is 1. The molecule has 2 amide bonds. The molecule has 5 nitrogen and oxygen atoms in total. The van der Waals surface area contributed by atoms with Crippen molar-refractivity contribution in [3.63, 3.8) is 0 Å². The number of carbonyl (C=O) groups is 2. The number of nitrogens with zero attached hydrogens (tertiary/aromatic N) is 1. The van der Waals surface area contributed by atoms with Crippen molar-refractivity contribution in [2.75, 3.05) is 10.6 Å². The summed E-state index contributed by atoms with van der Waals surface area (Å²) in [4.78, 5) is 22.4. The van der Waals surface area contributed by atoms with Crippen LogP contribution < -0.4 is 10.6 Å². The number of carbonyl (C=O) groups excluding carboxylic acids is 2. The highest BCUT2D eigenvalue weighted by Gasteiger charge is 2.07. The number of anilines is 2. The highest BCUT2D eigenvalue weighted by Crippen LogP contribution is 2.21. The van der Waals surface area contributed by atoms with Gasteiger partial charge in [0, 0.05) is 18.3 Å². The zero-order valence-corrected chi connectivity index (χ0v) is 10.4. The van der Waals surface area contributed by atoms with Crippen LogP contribution in [0.4, 0.5) is 11.4 Å². The number of rotatable bonds is 4. The van der Waals surface area contributed by atoms with Gasteiger partial charge < -0.3 is 10.6 Å². The van der Waals surface area contributed by atoms with Gasteiger partial charge in [-0.3, -0.25) is 9.59 Å². The van der Waals surface area contributed by atoms with Crippen LogP contribution in [0, 0.1) is 11.3 Å². The molecule has 1 rings (SSSR count). The van der Waals surface area contributed by atoms with Crippen LogP contribution in [0.1, 0.15) is 25.8 Å². The van der Waals surface area contributed by atoms with E-state index in [-0.39, 0.29) is 18.2 Å². The minimum atomic E-state index is -0.354. The molecule has 0 unspecified atom stereocenters. The molecule has 0 fully saturated rings. The van der Waals surface area contributed by atoms with Crippen molar-refractivity contribution in [2.24, 2.45) is 0 Å². The first-order chi connectivity index (χ1) is 8.56. The second-order valence-corrected chi connectivity index (χ2v) is 3.79. The van der Waals surface area contributed by atoms with Gasteiger partial charge in [-0.25, -0.2) is 0 Å². The van der Waals surface area contributed by atoms with Crippen LogP contribution in [-0.4, -0.2) is 11.8 Å². The van der Waals surface area contributed by atoms with Crippen molar-refractivity contribution in [1.82, 2.24) is 0 Å². The van der Waals surface area contributed by atoms with Crippen molar-refractivity contribution in [3.05, 3.63) is 23.8 Å². The molecule has 18 heavy (non-hydrogen) atoms. The van der Waals surface area contributed by atoms with E-state index in [2.05, 4.69) is 10.6 Å². The van der Waals surface area contributed by atoms with Crippen molar-refractivity contribution in [3.8, 4) is 6.07 Å². The van der Waals surface area contributed by atoms with Crippen LogP contribution in [0.5, 0.6) is 0 Å². The third-order valence-corrected chi connectivity index (χ3v) is 2.32. The van der Waals surface area contributed by atoms with E-state index < -0.39 is 0 Å². The van der Waals surface area contributed by atoms with Crippen LogP contribution in [0.25, 0.3) is 0 Å². The van der Waals surface area contributed by atoms with Gasteiger partial charge in [-0.05, 0) is 24.1 Å². The summed E-state index contributed by atoms with van der Waals surface area (Å²) in [5.74, 6) is -0.527. The quantitative estimate of drug-likeness (QED) is 0.851. The summed E-state index contributed by atoms with van der Waals surface area (Å²) in [6, 6.07) is 7.10. The van der Waals surface area contributed by atoms with Gasteiger partial charge in [0.25, 0.3) is 0 Å². The first kappa shape index (κ1) is 13.7. The first-order valence-electron chi connectivity index (χ1n) is 5.64. The molecular weight excluding hydrogens is 230 g/mol. The van der Waals surface area contributed by atoms with Gasteiger partial charge in [0.05, 0.1) is 6.07 Å². The fourth-order valence-electron chi connectivity index (χ4n) is 1.55. The van der Waals surface area contributed by atoms with Crippen LogP contribution >= 0.6 is 0 Å². The molecule has 0 spiro atoms. The minimum Gasteiger partial charge on any atom is -0.326 e. The first-order valence-corrected chi connectivity index (χ1v) is 5.64. The van der Waals surface area contributed by atoms with E-state index in [1.807, 2.05) is 13.0 Å². The van der Waals surface area contributed by atoms with Gasteiger partial charge in [0.1, 0.15) is 6.42 Å². The lowest BCUT2D eigenvalue weighted by Gasteiger charge is -2.11. The standard InChI is InChI=1S/C13H15N3O2/c1-3-10-4-5-11(15-9(2)17)8-12(10)16-13(18)6-7-14/h4-5,8H,3,6H2,1-2H3,(H,15,17)(H,16,18). The minimum absolute atomic E-state index is 0.173. The molecule has 0 aliphatic heterocycles. The van der Waals surface area contributed by atoms with Crippen molar-refractivity contribution >= 4 is 23.2 Å². The summed E-state index contributed by atoms with van der Waals surface area (Å²) in [6.07, 6.45) is 0.566. The van der Waals surface area contributed by atoms with Crippen molar-refractivity contribution in [2.45, 2.75) is 26.7 Å². The van der Waals surface area contributed by atoms with E-state index in [4.69, 9.17) is 5.26 Å². The highest BCUT2D eigenvalue weighted by atomic mass is 16.2. The van der Waals surface area contributed by atoms with Gasteiger partial charge in [-0.2, -0.15) is 5.26 Å². The Morgan fingerprint density at radius 1 is 1.33 bits per heavy atom. The lowest BCUT2D eigenvalue weighted by Crippen LogP contribution is -2.13. The molecule has 0 atom stereocenters. The monoisotopic (exact) mass is 245 g/mol. The van der Waals surface area contributed by atoms with Gasteiger partial charge in [-0.15, -0.1) is 0 Å². The lowest BCUT2D eigenvalue weighted by molar-refractivity contribution is -0.115. The zero-order valence-electron chi connectivity index (χ0n) is 10.4. The van der Waals surface area contributed by atoms with E-state index in [1.165, 1.54) is 6.92 Å². The molecule has 94 valence electrons. The Kier molecular flexibility index (Phi) is 4.88. The molecule has 0 radical (unpaired) electrons. The molecule has 5 heteroatoms. The Bertz CT molecular complexity index is 503. The van der Waals surface area contributed by atoms with E-state index in [1.54, 1.807) is 18.2 Å². The second kappa shape index (κ2) is 6.40. The second-order valence-electron chi connectivity index (χ2n) is 3.79. The summed E-state index contributed by atoms with van der Waals surface area (Å²) in [7, 11) is 0. The predicted octanol–water partition coefficient (Wildman–Crippen LogP) is 2.06. The number of aryl methyl sites for hydroxylation is 1. The van der Waals surface area contributed by atoms with E-state index in [9.17, 15) is 9.59 Å². The summed E-state index contributed by atoms with van der Waals surface area (Å²) in [5.41, 5.74) is 2.20. The Balaban J connectivity index is 2.95. The average molecular weight is 245 g/mol. The van der Waals surface area contributed by atoms with Gasteiger partial charge >= 0.3 is 0 Å². The van der Waals surface area contributed by atoms with E-state index in [0.29, 0.717) is 11.4 Å². The Labute approximate surface area is 106 Å². The van der Waals surface area contributed by atoms with Crippen molar-refractivity contribution in [1.29, 1.82) is 5.26 Å². The molecular formula is C13H15N3O2. The van der Waals surface area contributed by atoms with E-state index >= 15 is 0 Å². The van der Waals surface area contributed by atoms with E-state index in [0.717, 1.165) is 12.0 Å². The molecule has 0 saturated carbocycles. The smallest absolute Gasteiger partial charge is 0.238 e. The Morgan fingerprint density at radius 3 is 2.61 bits per heavy atom. The van der Waals surface area contributed by atoms with Crippen molar-refractivity contribution < 1.29 is 9.59 Å². The summed E-state index contributed by atoms with van der Waals surface area (Å²) in [6.45, 7) is 3.38. The number of amides is 2. The maximum Gasteiger partial charge on any atom is 0.238 e. The van der Waals surface area contributed by atoms with Gasteiger partial charge in [0.15, 0.2) is 0 Å². The highest BCUT2D eigenvalue weighted by molar-refractivity contribution is 5.94. The number of hydrogen-bond acceptors (Lipinski definition) is 3. The lowest BCUT2D eigenvalue weighted by atomic mass is 10.1. The Morgan fingerprint density at radius 2 is 2.06 bits per heavy atom. The average Bonchev–Trinajstić information content (AvgIpc) is 2.28. The number of nitrogens with one attached hydrogen (secondary N) is 2. The normalized spacial score (nSPS) is 9.39.